The van der Waals surface area contributed by atoms with Crippen LogP contribution in [0.4, 0.5) is 5.69 Å². The molecule has 2 aliphatic rings. The molecule has 1 amide bonds. The summed E-state index contributed by atoms with van der Waals surface area (Å²) in [6.45, 7) is 3.07. The second-order valence-electron chi connectivity index (χ2n) is 7.16. The van der Waals surface area contributed by atoms with Crippen molar-refractivity contribution in [2.45, 2.75) is 44.8 Å². The monoisotopic (exact) mass is 351 g/mol. The van der Waals surface area contributed by atoms with E-state index in [0.29, 0.717) is 6.61 Å². The predicted octanol–water partition coefficient (Wildman–Crippen LogP) is 4.17. The minimum Gasteiger partial charge on any atom is -0.376 e. The molecule has 2 unspecified atom stereocenters. The molecule has 1 aliphatic carbocycles. The van der Waals surface area contributed by atoms with Gasteiger partial charge in [-0.05, 0) is 67.0 Å². The number of carbonyl (C=O) groups excluding carboxylic acids is 1. The Kier molecular flexibility index (Phi) is 5.05. The van der Waals surface area contributed by atoms with Crippen molar-refractivity contribution >= 4 is 11.6 Å². The largest absolute Gasteiger partial charge is 0.376 e. The van der Waals surface area contributed by atoms with Crippen molar-refractivity contribution in [1.29, 1.82) is 0 Å². The summed E-state index contributed by atoms with van der Waals surface area (Å²) in [5.41, 5.74) is 5.98. The van der Waals surface area contributed by atoms with E-state index in [1.165, 1.54) is 28.7 Å². The van der Waals surface area contributed by atoms with Gasteiger partial charge in [0.05, 0.1) is 12.7 Å². The number of fused-ring (bicyclic) bond motifs is 3. The van der Waals surface area contributed by atoms with Gasteiger partial charge >= 0.3 is 0 Å². The van der Waals surface area contributed by atoms with E-state index in [1.807, 2.05) is 6.07 Å². The molecule has 1 N–H and O–H groups in total. The minimum atomic E-state index is -0.494. The molecular formula is C22H25NO3. The fourth-order valence-electron chi connectivity index (χ4n) is 3.73. The van der Waals surface area contributed by atoms with E-state index < -0.39 is 6.10 Å². The lowest BCUT2D eigenvalue weighted by molar-refractivity contribution is -0.130. The molecule has 2 aromatic rings. The van der Waals surface area contributed by atoms with Crippen LogP contribution < -0.4 is 5.32 Å². The molecule has 0 radical (unpaired) electrons. The summed E-state index contributed by atoms with van der Waals surface area (Å²) in [6.07, 6.45) is 3.85. The summed E-state index contributed by atoms with van der Waals surface area (Å²) >= 11 is 0. The number of anilines is 1. The molecular weight excluding hydrogens is 326 g/mol. The summed E-state index contributed by atoms with van der Waals surface area (Å²) in [6, 6.07) is 14.6. The van der Waals surface area contributed by atoms with Crippen LogP contribution >= 0.6 is 0 Å². The Morgan fingerprint density at radius 3 is 2.88 bits per heavy atom. The third kappa shape index (κ3) is 3.67. The van der Waals surface area contributed by atoms with Gasteiger partial charge in [-0.2, -0.15) is 0 Å². The van der Waals surface area contributed by atoms with Crippen LogP contribution in [0.5, 0.6) is 0 Å². The summed E-state index contributed by atoms with van der Waals surface area (Å²) < 4.78 is 11.4. The lowest BCUT2D eigenvalue weighted by Crippen LogP contribution is -2.32. The lowest BCUT2D eigenvalue weighted by atomic mass is 10.1. The molecule has 0 bridgehead atoms. The van der Waals surface area contributed by atoms with Gasteiger partial charge in [0.15, 0.2) is 0 Å². The van der Waals surface area contributed by atoms with Crippen molar-refractivity contribution in [3.8, 4) is 11.1 Å². The first kappa shape index (κ1) is 17.3. The lowest BCUT2D eigenvalue weighted by Gasteiger charge is -2.24. The van der Waals surface area contributed by atoms with Gasteiger partial charge in [-0.3, -0.25) is 4.79 Å². The number of ether oxygens (including phenoxy) is 2. The maximum atomic E-state index is 12.4. The summed E-state index contributed by atoms with van der Waals surface area (Å²) in [5.74, 6) is -0.115. The summed E-state index contributed by atoms with van der Waals surface area (Å²) in [4.78, 5) is 12.4. The van der Waals surface area contributed by atoms with Crippen LogP contribution in [-0.2, 0) is 20.7 Å². The van der Waals surface area contributed by atoms with E-state index in [2.05, 4.69) is 41.7 Å². The second kappa shape index (κ2) is 7.60. The fraction of sp³-hybridized carbons (Fsp3) is 0.409. The third-order valence-corrected chi connectivity index (χ3v) is 5.24. The molecule has 0 spiro atoms. The zero-order chi connectivity index (χ0) is 17.9. The zero-order valence-electron chi connectivity index (χ0n) is 15.2. The highest BCUT2D eigenvalue weighted by Crippen LogP contribution is 2.37. The van der Waals surface area contributed by atoms with Gasteiger partial charge in [-0.25, -0.2) is 0 Å². The second-order valence-corrected chi connectivity index (χ2v) is 7.16. The van der Waals surface area contributed by atoms with E-state index >= 15 is 0 Å². The van der Waals surface area contributed by atoms with Gasteiger partial charge in [-0.15, -0.1) is 0 Å². The average Bonchev–Trinajstić information content (AvgIpc) is 3.04. The number of nitrogens with one attached hydrogen (secondary N) is 1. The predicted molar refractivity (Wildman–Crippen MR) is 102 cm³/mol. The van der Waals surface area contributed by atoms with Crippen molar-refractivity contribution in [2.75, 3.05) is 18.5 Å². The van der Waals surface area contributed by atoms with E-state index in [4.69, 9.17) is 9.47 Å². The Hall–Kier alpha value is -2.17. The highest BCUT2D eigenvalue weighted by molar-refractivity contribution is 5.94. The molecule has 2 atom stereocenters. The first-order valence-corrected chi connectivity index (χ1v) is 9.46. The maximum Gasteiger partial charge on any atom is 0.253 e. The molecule has 1 aliphatic heterocycles. The molecule has 4 heteroatoms. The Morgan fingerprint density at radius 2 is 2.04 bits per heavy atom. The van der Waals surface area contributed by atoms with E-state index in [1.54, 1.807) is 6.92 Å². The Bertz CT molecular complexity index is 796. The standard InChI is InChI=1S/C22H25NO3/c1-15(26-14-19-7-4-5-11-25-19)22(24)23-18-9-10-21-17(13-18)12-16-6-2-3-8-20(16)21/h2-3,6,8-10,13,15,19H,4-5,7,11-12,14H2,1H3,(H,23,24). The van der Waals surface area contributed by atoms with Gasteiger partial charge in [0.25, 0.3) is 5.91 Å². The number of amides is 1. The van der Waals surface area contributed by atoms with Crippen LogP contribution in [-0.4, -0.2) is 31.3 Å². The minimum absolute atomic E-state index is 0.115. The van der Waals surface area contributed by atoms with Crippen LogP contribution in [0.1, 0.15) is 37.3 Å². The highest BCUT2D eigenvalue weighted by atomic mass is 16.5. The van der Waals surface area contributed by atoms with Gasteiger partial charge in [0.2, 0.25) is 0 Å². The van der Waals surface area contributed by atoms with Crippen LogP contribution in [0.15, 0.2) is 42.5 Å². The average molecular weight is 351 g/mol. The number of hydrogen-bond donors (Lipinski definition) is 1. The van der Waals surface area contributed by atoms with Crippen LogP contribution in [0, 0.1) is 0 Å². The van der Waals surface area contributed by atoms with Crippen LogP contribution in [0.2, 0.25) is 0 Å². The molecule has 4 rings (SSSR count). The van der Waals surface area contributed by atoms with E-state index in [0.717, 1.165) is 31.6 Å². The number of rotatable bonds is 5. The highest BCUT2D eigenvalue weighted by Gasteiger charge is 2.21. The topological polar surface area (TPSA) is 47.6 Å². The van der Waals surface area contributed by atoms with Gasteiger partial charge in [-0.1, -0.05) is 30.3 Å². The number of benzene rings is 2. The van der Waals surface area contributed by atoms with E-state index in [9.17, 15) is 4.79 Å². The molecule has 26 heavy (non-hydrogen) atoms. The Balaban J connectivity index is 1.35. The fourth-order valence-corrected chi connectivity index (χ4v) is 3.73. The summed E-state index contributed by atoms with van der Waals surface area (Å²) in [7, 11) is 0. The van der Waals surface area contributed by atoms with Gasteiger partial charge < -0.3 is 14.8 Å². The van der Waals surface area contributed by atoms with Gasteiger partial charge in [0, 0.05) is 12.3 Å². The first-order valence-electron chi connectivity index (χ1n) is 9.46. The van der Waals surface area contributed by atoms with Crippen molar-refractivity contribution in [3.63, 3.8) is 0 Å². The van der Waals surface area contributed by atoms with Crippen molar-refractivity contribution in [2.24, 2.45) is 0 Å². The number of carbonyl (C=O) groups is 1. The Morgan fingerprint density at radius 1 is 1.19 bits per heavy atom. The zero-order valence-corrected chi connectivity index (χ0v) is 15.2. The smallest absolute Gasteiger partial charge is 0.253 e. The molecule has 1 fully saturated rings. The molecule has 1 saturated heterocycles. The normalized spacial score (nSPS) is 19.5. The van der Waals surface area contributed by atoms with Crippen LogP contribution in [0.25, 0.3) is 11.1 Å². The van der Waals surface area contributed by atoms with Crippen molar-refractivity contribution < 1.29 is 14.3 Å². The Labute approximate surface area is 154 Å². The van der Waals surface area contributed by atoms with Crippen LogP contribution in [0.3, 0.4) is 0 Å². The molecule has 0 saturated carbocycles. The van der Waals surface area contributed by atoms with Crippen molar-refractivity contribution in [1.82, 2.24) is 0 Å². The molecule has 136 valence electrons. The van der Waals surface area contributed by atoms with Gasteiger partial charge in [0.1, 0.15) is 6.10 Å². The summed E-state index contributed by atoms with van der Waals surface area (Å²) in [5, 5.41) is 2.98. The van der Waals surface area contributed by atoms with Crippen molar-refractivity contribution in [3.05, 3.63) is 53.6 Å². The number of hydrogen-bond acceptors (Lipinski definition) is 3. The SMILES string of the molecule is CC(OCC1CCCCO1)C(=O)Nc1ccc2c(c1)Cc1ccccc1-2. The third-order valence-electron chi connectivity index (χ3n) is 5.24. The molecule has 4 nitrogen and oxygen atoms in total. The maximum absolute atomic E-state index is 12.4. The van der Waals surface area contributed by atoms with E-state index in [-0.39, 0.29) is 12.0 Å². The molecule has 2 aromatic carbocycles. The quantitative estimate of drug-likeness (QED) is 0.750. The molecule has 1 heterocycles. The molecule has 0 aromatic heterocycles. The first-order chi connectivity index (χ1) is 12.7.